The van der Waals surface area contributed by atoms with E-state index in [1.165, 1.54) is 30.2 Å². The van der Waals surface area contributed by atoms with Gasteiger partial charge in [-0.1, -0.05) is 0 Å². The molecule has 0 bridgehead atoms. The quantitative estimate of drug-likeness (QED) is 0.717. The zero-order chi connectivity index (χ0) is 21.2. The van der Waals surface area contributed by atoms with E-state index < -0.39 is 24.1 Å². The minimum Gasteiger partial charge on any atom is -0.465 e. The molecule has 0 unspecified atom stereocenters. The molecule has 1 saturated heterocycles. The fourth-order valence-corrected chi connectivity index (χ4v) is 3.04. The van der Waals surface area contributed by atoms with Crippen LogP contribution in [0.15, 0.2) is 18.2 Å². The number of halogens is 3. The Bertz CT molecular complexity index is 927. The molecule has 11 heteroatoms. The number of anilines is 1. The van der Waals surface area contributed by atoms with Crippen molar-refractivity contribution in [1.29, 1.82) is 0 Å². The van der Waals surface area contributed by atoms with E-state index in [-0.39, 0.29) is 49.7 Å². The van der Waals surface area contributed by atoms with Gasteiger partial charge in [0.25, 0.3) is 0 Å². The molecule has 0 atom stereocenters. The molecule has 1 aromatic heterocycles. The number of fused-ring (bicyclic) bond motifs is 1. The summed E-state index contributed by atoms with van der Waals surface area (Å²) in [6.07, 6.45) is -5.19. The van der Waals surface area contributed by atoms with Crippen LogP contribution >= 0.6 is 0 Å². The van der Waals surface area contributed by atoms with Gasteiger partial charge in [-0.3, -0.25) is 0 Å². The van der Waals surface area contributed by atoms with E-state index in [9.17, 15) is 22.8 Å². The Morgan fingerprint density at radius 2 is 1.83 bits per heavy atom. The average Bonchev–Trinajstić information content (AvgIpc) is 2.71. The van der Waals surface area contributed by atoms with Crippen molar-refractivity contribution in [3.63, 3.8) is 0 Å². The molecule has 2 aromatic rings. The third-order valence-electron chi connectivity index (χ3n) is 4.46. The van der Waals surface area contributed by atoms with E-state index in [0.717, 1.165) is 0 Å². The Morgan fingerprint density at radius 3 is 2.41 bits per heavy atom. The van der Waals surface area contributed by atoms with Crippen molar-refractivity contribution in [2.24, 2.45) is 0 Å². The standard InChI is InChI=1S/C18H19F3N4O4/c1-3-29-17(27)25-8-6-24(7-9-25)14-12-10-11(15(26)28-2)4-5-13(12)22-16(23-14)18(19,20)21/h4-5,10H,3,6-9H2,1-2H3. The Balaban J connectivity index is 2.00. The van der Waals surface area contributed by atoms with Gasteiger partial charge in [0.1, 0.15) is 5.82 Å². The van der Waals surface area contributed by atoms with Crippen LogP contribution in [-0.2, 0) is 15.7 Å². The molecule has 1 aliphatic rings. The van der Waals surface area contributed by atoms with Gasteiger partial charge in [-0.25, -0.2) is 19.6 Å². The van der Waals surface area contributed by atoms with Crippen LogP contribution in [0.2, 0.25) is 0 Å². The zero-order valence-corrected chi connectivity index (χ0v) is 15.8. The molecule has 0 aliphatic carbocycles. The van der Waals surface area contributed by atoms with Gasteiger partial charge >= 0.3 is 18.2 Å². The highest BCUT2D eigenvalue weighted by Gasteiger charge is 2.36. The number of carbonyl (C=O) groups is 2. The summed E-state index contributed by atoms with van der Waals surface area (Å²) in [7, 11) is 1.21. The van der Waals surface area contributed by atoms with Crippen molar-refractivity contribution in [1.82, 2.24) is 14.9 Å². The van der Waals surface area contributed by atoms with E-state index in [2.05, 4.69) is 14.7 Å². The number of esters is 1. The van der Waals surface area contributed by atoms with Crippen molar-refractivity contribution < 1.29 is 32.2 Å². The van der Waals surface area contributed by atoms with Gasteiger partial charge < -0.3 is 19.3 Å². The van der Waals surface area contributed by atoms with Gasteiger partial charge in [-0.05, 0) is 25.1 Å². The largest absolute Gasteiger partial charge is 0.465 e. The van der Waals surface area contributed by atoms with Gasteiger partial charge in [-0.15, -0.1) is 0 Å². The summed E-state index contributed by atoms with van der Waals surface area (Å²) < 4.78 is 49.5. The third-order valence-corrected chi connectivity index (χ3v) is 4.46. The van der Waals surface area contributed by atoms with Crippen LogP contribution in [0.4, 0.5) is 23.8 Å². The van der Waals surface area contributed by atoms with Crippen LogP contribution in [0.1, 0.15) is 23.1 Å². The van der Waals surface area contributed by atoms with Gasteiger partial charge in [-0.2, -0.15) is 13.2 Å². The van der Waals surface area contributed by atoms with Crippen LogP contribution in [0.5, 0.6) is 0 Å². The first-order chi connectivity index (χ1) is 13.7. The van der Waals surface area contributed by atoms with Gasteiger partial charge in [0.15, 0.2) is 0 Å². The second-order valence-corrected chi connectivity index (χ2v) is 6.27. The third kappa shape index (κ3) is 4.33. The number of aromatic nitrogens is 2. The lowest BCUT2D eigenvalue weighted by atomic mass is 10.1. The molecule has 0 spiro atoms. The van der Waals surface area contributed by atoms with Gasteiger partial charge in [0.05, 0.1) is 24.8 Å². The molecule has 3 rings (SSSR count). The first kappa shape index (κ1) is 20.6. The Kier molecular flexibility index (Phi) is 5.76. The second-order valence-electron chi connectivity index (χ2n) is 6.27. The maximum Gasteiger partial charge on any atom is 0.451 e. The van der Waals surface area contributed by atoms with Crippen LogP contribution in [-0.4, -0.2) is 66.8 Å². The number of nitrogens with zero attached hydrogens (tertiary/aromatic N) is 4. The topological polar surface area (TPSA) is 84.9 Å². The molecule has 8 nitrogen and oxygen atoms in total. The van der Waals surface area contributed by atoms with Crippen molar-refractivity contribution in [3.8, 4) is 0 Å². The van der Waals surface area contributed by atoms with Crippen molar-refractivity contribution in [2.45, 2.75) is 13.1 Å². The number of hydrogen-bond donors (Lipinski definition) is 0. The lowest BCUT2D eigenvalue weighted by Gasteiger charge is -2.35. The van der Waals surface area contributed by atoms with Crippen molar-refractivity contribution in [2.75, 3.05) is 44.8 Å². The summed E-state index contributed by atoms with van der Waals surface area (Å²) in [5, 5.41) is 0.297. The zero-order valence-electron chi connectivity index (χ0n) is 15.8. The highest BCUT2D eigenvalue weighted by Crippen LogP contribution is 2.32. The number of amides is 1. The molecule has 1 amide bonds. The summed E-state index contributed by atoms with van der Waals surface area (Å²) in [5.41, 5.74) is 0.234. The first-order valence-corrected chi connectivity index (χ1v) is 8.88. The van der Waals surface area contributed by atoms with Gasteiger partial charge in [0.2, 0.25) is 5.82 Å². The average molecular weight is 412 g/mol. The monoisotopic (exact) mass is 412 g/mol. The number of ether oxygens (including phenoxy) is 2. The van der Waals surface area contributed by atoms with Crippen LogP contribution in [0.25, 0.3) is 10.9 Å². The lowest BCUT2D eigenvalue weighted by molar-refractivity contribution is -0.144. The van der Waals surface area contributed by atoms with Crippen molar-refractivity contribution >= 4 is 28.8 Å². The Hall–Kier alpha value is -3.11. The maximum absolute atomic E-state index is 13.3. The summed E-state index contributed by atoms with van der Waals surface area (Å²) in [5.74, 6) is -1.83. The predicted octanol–water partition coefficient (Wildman–Crippen LogP) is 2.71. The molecular weight excluding hydrogens is 393 g/mol. The first-order valence-electron chi connectivity index (χ1n) is 8.88. The number of alkyl halides is 3. The highest BCUT2D eigenvalue weighted by atomic mass is 19.4. The number of methoxy groups -OCH3 is 1. The van der Waals surface area contributed by atoms with Crippen LogP contribution < -0.4 is 4.90 Å². The normalized spacial score (nSPS) is 14.8. The Morgan fingerprint density at radius 1 is 1.14 bits per heavy atom. The van der Waals surface area contributed by atoms with E-state index >= 15 is 0 Å². The van der Waals surface area contributed by atoms with E-state index in [1.54, 1.807) is 11.8 Å². The minimum absolute atomic E-state index is 0.0524. The number of rotatable bonds is 3. The number of benzene rings is 1. The van der Waals surface area contributed by atoms with Crippen LogP contribution in [0.3, 0.4) is 0 Å². The summed E-state index contributed by atoms with van der Waals surface area (Å²) in [6.45, 7) is 2.97. The van der Waals surface area contributed by atoms with Crippen molar-refractivity contribution in [3.05, 3.63) is 29.6 Å². The summed E-state index contributed by atoms with van der Waals surface area (Å²) >= 11 is 0. The van der Waals surface area contributed by atoms with Gasteiger partial charge in [0, 0.05) is 31.6 Å². The fraction of sp³-hybridized carbons (Fsp3) is 0.444. The predicted molar refractivity (Wildman–Crippen MR) is 96.7 cm³/mol. The minimum atomic E-state index is -4.73. The SMILES string of the molecule is CCOC(=O)N1CCN(c2nc(C(F)(F)F)nc3ccc(C(=O)OC)cc23)CC1. The molecule has 29 heavy (non-hydrogen) atoms. The summed E-state index contributed by atoms with van der Waals surface area (Å²) in [4.78, 5) is 34.1. The molecule has 1 fully saturated rings. The number of hydrogen-bond acceptors (Lipinski definition) is 7. The molecular formula is C18H19F3N4O4. The lowest BCUT2D eigenvalue weighted by Crippen LogP contribution is -2.49. The molecule has 1 aliphatic heterocycles. The van der Waals surface area contributed by atoms with E-state index in [1.807, 2.05) is 0 Å². The Labute approximate surface area is 164 Å². The molecule has 0 saturated carbocycles. The van der Waals surface area contributed by atoms with E-state index in [4.69, 9.17) is 4.74 Å². The summed E-state index contributed by atoms with van der Waals surface area (Å²) in [6, 6.07) is 4.09. The maximum atomic E-state index is 13.3. The second kappa shape index (κ2) is 8.10. The molecule has 2 heterocycles. The number of piperazine rings is 1. The number of carbonyl (C=O) groups excluding carboxylic acids is 2. The fourth-order valence-electron chi connectivity index (χ4n) is 3.04. The molecule has 0 radical (unpaired) electrons. The highest BCUT2D eigenvalue weighted by molar-refractivity contribution is 5.98. The molecule has 1 aromatic carbocycles. The van der Waals surface area contributed by atoms with E-state index in [0.29, 0.717) is 5.39 Å². The molecule has 156 valence electrons. The van der Waals surface area contributed by atoms with Crippen LogP contribution in [0, 0.1) is 0 Å². The molecule has 0 N–H and O–H groups in total. The smallest absolute Gasteiger partial charge is 0.451 e.